The van der Waals surface area contributed by atoms with E-state index in [1.165, 1.54) is 5.69 Å². The number of nitriles is 1. The van der Waals surface area contributed by atoms with Crippen molar-refractivity contribution in [3.63, 3.8) is 0 Å². The third-order valence-electron chi connectivity index (χ3n) is 5.32. The standard InChI is InChI=1S/C26H34N2O3/c1-25(2,3)30-16-13-26(4,5)31-24-8-6-7-22(23(24)19-27)20-9-11-21(12-10-20)28-14-17-29-18-15-28/h6-12H,13-18H2,1-5H3. The third kappa shape index (κ3) is 6.46. The summed E-state index contributed by atoms with van der Waals surface area (Å²) in [5, 5.41) is 9.92. The largest absolute Gasteiger partial charge is 0.486 e. The summed E-state index contributed by atoms with van der Waals surface area (Å²) in [6.45, 7) is 14.1. The molecular weight excluding hydrogens is 388 g/mol. The lowest BCUT2D eigenvalue weighted by atomic mass is 9.98. The molecule has 0 amide bonds. The maximum absolute atomic E-state index is 9.92. The first-order valence-electron chi connectivity index (χ1n) is 11.0. The number of morpholine rings is 1. The number of hydrogen-bond donors (Lipinski definition) is 0. The van der Waals surface area contributed by atoms with E-state index < -0.39 is 5.60 Å². The number of rotatable bonds is 7. The van der Waals surface area contributed by atoms with E-state index in [0.717, 1.165) is 43.9 Å². The molecular formula is C26H34N2O3. The van der Waals surface area contributed by atoms with Gasteiger partial charge in [-0.15, -0.1) is 0 Å². The third-order valence-corrected chi connectivity index (χ3v) is 5.32. The summed E-state index contributed by atoms with van der Waals surface area (Å²) in [6, 6.07) is 16.5. The molecule has 31 heavy (non-hydrogen) atoms. The smallest absolute Gasteiger partial charge is 0.138 e. The fraction of sp³-hybridized carbons (Fsp3) is 0.500. The van der Waals surface area contributed by atoms with Crippen LogP contribution < -0.4 is 9.64 Å². The van der Waals surface area contributed by atoms with Crippen LogP contribution in [-0.4, -0.2) is 44.1 Å². The van der Waals surface area contributed by atoms with Crippen LogP contribution in [0.1, 0.15) is 46.6 Å². The molecule has 0 bridgehead atoms. The van der Waals surface area contributed by atoms with Gasteiger partial charge in [0.15, 0.2) is 0 Å². The first kappa shape index (κ1) is 23.1. The average Bonchev–Trinajstić information content (AvgIpc) is 2.73. The van der Waals surface area contributed by atoms with Crippen molar-refractivity contribution in [3.8, 4) is 22.9 Å². The molecule has 0 aromatic heterocycles. The van der Waals surface area contributed by atoms with E-state index in [1.807, 2.05) is 52.8 Å². The van der Waals surface area contributed by atoms with Crippen LogP contribution in [0.4, 0.5) is 5.69 Å². The Morgan fingerprint density at radius 2 is 1.68 bits per heavy atom. The maximum Gasteiger partial charge on any atom is 0.138 e. The first-order valence-corrected chi connectivity index (χ1v) is 11.0. The first-order chi connectivity index (χ1) is 14.7. The van der Waals surface area contributed by atoms with Gasteiger partial charge in [0.1, 0.15) is 23.0 Å². The van der Waals surface area contributed by atoms with E-state index in [0.29, 0.717) is 17.9 Å². The number of nitrogens with zero attached hydrogens (tertiary/aromatic N) is 2. The van der Waals surface area contributed by atoms with Crippen LogP contribution in [-0.2, 0) is 9.47 Å². The highest BCUT2D eigenvalue weighted by molar-refractivity contribution is 5.75. The van der Waals surface area contributed by atoms with Gasteiger partial charge in [-0.2, -0.15) is 5.26 Å². The highest BCUT2D eigenvalue weighted by Gasteiger charge is 2.24. The van der Waals surface area contributed by atoms with Gasteiger partial charge in [-0.05, 0) is 58.4 Å². The molecule has 1 heterocycles. The van der Waals surface area contributed by atoms with E-state index >= 15 is 0 Å². The molecule has 2 aromatic rings. The molecule has 1 aliphatic rings. The lowest BCUT2D eigenvalue weighted by molar-refractivity contribution is -0.0293. The summed E-state index contributed by atoms with van der Waals surface area (Å²) in [7, 11) is 0. The molecule has 166 valence electrons. The maximum atomic E-state index is 9.92. The lowest BCUT2D eigenvalue weighted by Crippen LogP contribution is -2.36. The average molecular weight is 423 g/mol. The van der Waals surface area contributed by atoms with E-state index in [-0.39, 0.29) is 5.60 Å². The molecule has 0 saturated carbocycles. The van der Waals surface area contributed by atoms with Crippen molar-refractivity contribution >= 4 is 5.69 Å². The zero-order valence-electron chi connectivity index (χ0n) is 19.4. The van der Waals surface area contributed by atoms with Gasteiger partial charge in [0.25, 0.3) is 0 Å². The second-order valence-corrected chi connectivity index (χ2v) is 9.51. The molecule has 5 heteroatoms. The Morgan fingerprint density at radius 1 is 1.00 bits per heavy atom. The van der Waals surface area contributed by atoms with E-state index in [9.17, 15) is 5.26 Å². The molecule has 0 unspecified atom stereocenters. The Kier molecular flexibility index (Phi) is 7.25. The second-order valence-electron chi connectivity index (χ2n) is 9.51. The predicted molar refractivity (Wildman–Crippen MR) is 125 cm³/mol. The summed E-state index contributed by atoms with van der Waals surface area (Å²) >= 11 is 0. The molecule has 1 aliphatic heterocycles. The van der Waals surface area contributed by atoms with Crippen molar-refractivity contribution in [2.75, 3.05) is 37.8 Å². The van der Waals surface area contributed by atoms with Crippen LogP contribution >= 0.6 is 0 Å². The fourth-order valence-corrected chi connectivity index (χ4v) is 3.60. The molecule has 0 spiro atoms. The van der Waals surface area contributed by atoms with Crippen molar-refractivity contribution in [1.29, 1.82) is 5.26 Å². The molecule has 1 fully saturated rings. The topological polar surface area (TPSA) is 54.7 Å². The number of benzene rings is 2. The summed E-state index contributed by atoms with van der Waals surface area (Å²) in [5.41, 5.74) is 3.00. The van der Waals surface area contributed by atoms with Gasteiger partial charge in [0, 0.05) is 30.8 Å². The highest BCUT2D eigenvalue weighted by Crippen LogP contribution is 2.34. The van der Waals surface area contributed by atoms with Crippen LogP contribution in [0.5, 0.6) is 5.75 Å². The van der Waals surface area contributed by atoms with Gasteiger partial charge >= 0.3 is 0 Å². The van der Waals surface area contributed by atoms with Crippen molar-refractivity contribution in [2.24, 2.45) is 0 Å². The molecule has 1 saturated heterocycles. The Bertz CT molecular complexity index is 902. The Morgan fingerprint density at radius 3 is 2.29 bits per heavy atom. The Balaban J connectivity index is 1.77. The minimum Gasteiger partial charge on any atom is -0.486 e. The molecule has 3 rings (SSSR count). The Hall–Kier alpha value is -2.55. The van der Waals surface area contributed by atoms with Gasteiger partial charge in [-0.3, -0.25) is 0 Å². The molecule has 0 radical (unpaired) electrons. The van der Waals surface area contributed by atoms with Crippen molar-refractivity contribution in [2.45, 2.75) is 52.2 Å². The fourth-order valence-electron chi connectivity index (χ4n) is 3.60. The number of hydrogen-bond acceptors (Lipinski definition) is 5. The van der Waals surface area contributed by atoms with Crippen molar-refractivity contribution in [1.82, 2.24) is 0 Å². The minimum absolute atomic E-state index is 0.179. The highest BCUT2D eigenvalue weighted by atomic mass is 16.5. The van der Waals surface area contributed by atoms with Crippen LogP contribution in [0.25, 0.3) is 11.1 Å². The Labute approximate surface area is 186 Å². The number of anilines is 1. The van der Waals surface area contributed by atoms with Crippen LogP contribution in [0.2, 0.25) is 0 Å². The summed E-state index contributed by atoms with van der Waals surface area (Å²) in [5.74, 6) is 0.609. The van der Waals surface area contributed by atoms with Gasteiger partial charge in [0.05, 0.1) is 25.4 Å². The van der Waals surface area contributed by atoms with Crippen molar-refractivity contribution < 1.29 is 14.2 Å². The molecule has 0 atom stereocenters. The summed E-state index contributed by atoms with van der Waals surface area (Å²) in [4.78, 5) is 2.32. The van der Waals surface area contributed by atoms with Crippen LogP contribution in [0.3, 0.4) is 0 Å². The number of ether oxygens (including phenoxy) is 3. The van der Waals surface area contributed by atoms with E-state index in [1.54, 1.807) is 0 Å². The van der Waals surface area contributed by atoms with Gasteiger partial charge < -0.3 is 19.1 Å². The molecule has 0 aliphatic carbocycles. The lowest BCUT2D eigenvalue weighted by Gasteiger charge is -2.29. The second kappa shape index (κ2) is 9.72. The van der Waals surface area contributed by atoms with Gasteiger partial charge in [0.2, 0.25) is 0 Å². The normalized spacial score (nSPS) is 14.9. The molecule has 2 aromatic carbocycles. The SMILES string of the molecule is CC(C)(C)OCCC(C)(C)Oc1cccc(-c2ccc(N3CCOCC3)cc2)c1C#N. The molecule has 0 N–H and O–H groups in total. The van der Waals surface area contributed by atoms with Gasteiger partial charge in [-0.25, -0.2) is 0 Å². The monoisotopic (exact) mass is 422 g/mol. The quantitative estimate of drug-likeness (QED) is 0.596. The van der Waals surface area contributed by atoms with E-state index in [4.69, 9.17) is 14.2 Å². The van der Waals surface area contributed by atoms with Crippen LogP contribution in [0.15, 0.2) is 42.5 Å². The molecule has 5 nitrogen and oxygen atoms in total. The van der Waals surface area contributed by atoms with Crippen LogP contribution in [0, 0.1) is 11.3 Å². The summed E-state index contributed by atoms with van der Waals surface area (Å²) < 4.78 is 17.6. The zero-order chi connectivity index (χ0) is 22.5. The summed E-state index contributed by atoms with van der Waals surface area (Å²) in [6.07, 6.45) is 0.730. The van der Waals surface area contributed by atoms with E-state index in [2.05, 4.69) is 35.2 Å². The van der Waals surface area contributed by atoms with Gasteiger partial charge in [-0.1, -0.05) is 24.3 Å². The van der Waals surface area contributed by atoms with Crippen molar-refractivity contribution in [3.05, 3.63) is 48.0 Å². The predicted octanol–water partition coefficient (Wildman–Crippen LogP) is 5.42. The zero-order valence-corrected chi connectivity index (χ0v) is 19.4. The minimum atomic E-state index is -0.449.